The van der Waals surface area contributed by atoms with Crippen LogP contribution >= 0.6 is 0 Å². The third-order valence-electron chi connectivity index (χ3n) is 4.19. The highest BCUT2D eigenvalue weighted by atomic mass is 19.1. The number of primary amides is 1. The second kappa shape index (κ2) is 12.8. The Hall–Kier alpha value is -2.44. The predicted octanol–water partition coefficient (Wildman–Crippen LogP) is 2.21. The van der Waals surface area contributed by atoms with E-state index in [1.165, 1.54) is 12.1 Å². The van der Waals surface area contributed by atoms with Crippen LogP contribution in [0.2, 0.25) is 0 Å². The van der Waals surface area contributed by atoms with Gasteiger partial charge >= 0.3 is 0 Å². The molecule has 0 saturated heterocycles. The number of unbranched alkanes of at least 4 members (excludes halogenated alkanes) is 4. The van der Waals surface area contributed by atoms with Gasteiger partial charge in [-0.2, -0.15) is 0 Å². The third-order valence-corrected chi connectivity index (χ3v) is 4.19. The lowest BCUT2D eigenvalue weighted by Crippen LogP contribution is -2.48. The second-order valence-electron chi connectivity index (χ2n) is 6.62. The molecular weight excluding hydrogens is 349 g/mol. The van der Waals surface area contributed by atoms with Crippen LogP contribution in [0.3, 0.4) is 0 Å². The van der Waals surface area contributed by atoms with Crippen molar-refractivity contribution in [2.75, 3.05) is 6.54 Å². The molecule has 6 nitrogen and oxygen atoms in total. The fraction of sp³-hybridized carbons (Fsp3) is 0.550. The lowest BCUT2D eigenvalue weighted by Gasteiger charge is -2.17. The normalized spacial score (nSPS) is 11.6. The van der Waals surface area contributed by atoms with E-state index in [4.69, 9.17) is 5.73 Å². The smallest absolute Gasteiger partial charge is 0.243 e. The van der Waals surface area contributed by atoms with E-state index >= 15 is 0 Å². The summed E-state index contributed by atoms with van der Waals surface area (Å²) in [4.78, 5) is 35.5. The van der Waals surface area contributed by atoms with E-state index < -0.39 is 17.9 Å². The Morgan fingerprint density at radius 1 is 1.07 bits per heavy atom. The van der Waals surface area contributed by atoms with Gasteiger partial charge in [0.15, 0.2) is 0 Å². The number of hydrogen-bond acceptors (Lipinski definition) is 3. The first-order valence-corrected chi connectivity index (χ1v) is 9.52. The topological polar surface area (TPSA) is 101 Å². The number of benzene rings is 1. The van der Waals surface area contributed by atoms with E-state index in [0.717, 1.165) is 37.7 Å². The molecule has 150 valence electrons. The number of nitrogens with two attached hydrogens (primary N) is 1. The Labute approximate surface area is 160 Å². The minimum Gasteiger partial charge on any atom is -0.370 e. The Kier molecular flexibility index (Phi) is 10.7. The SMILES string of the molecule is CCCCCCCC(=O)N[C@H](CC(N)=O)C(=O)NCCc1ccc(F)cc1. The maximum atomic E-state index is 12.9. The van der Waals surface area contributed by atoms with Crippen LogP contribution in [0.4, 0.5) is 4.39 Å². The number of nitrogens with one attached hydrogen (secondary N) is 2. The second-order valence-corrected chi connectivity index (χ2v) is 6.62. The standard InChI is InChI=1S/C20H30FN3O3/c1-2-3-4-5-6-7-19(26)24-17(14-18(22)25)20(27)23-13-12-15-8-10-16(21)11-9-15/h8-11,17H,2-7,12-14H2,1H3,(H2,22,25)(H,23,27)(H,24,26)/t17-/m1/s1. The average molecular weight is 379 g/mol. The van der Waals surface area contributed by atoms with Gasteiger partial charge in [-0.25, -0.2) is 4.39 Å². The molecule has 0 aliphatic carbocycles. The molecule has 27 heavy (non-hydrogen) atoms. The van der Waals surface area contributed by atoms with E-state index in [-0.39, 0.29) is 18.1 Å². The molecular formula is C20H30FN3O3. The Bertz CT molecular complexity index is 605. The molecule has 3 amide bonds. The van der Waals surface area contributed by atoms with Crippen LogP contribution in [0, 0.1) is 5.82 Å². The van der Waals surface area contributed by atoms with Gasteiger partial charge in [-0.15, -0.1) is 0 Å². The van der Waals surface area contributed by atoms with Crippen molar-refractivity contribution in [2.45, 2.75) is 64.3 Å². The summed E-state index contributed by atoms with van der Waals surface area (Å²) in [6, 6.07) is 5.02. The van der Waals surface area contributed by atoms with Gasteiger partial charge < -0.3 is 16.4 Å². The van der Waals surface area contributed by atoms with Crippen molar-refractivity contribution < 1.29 is 18.8 Å². The van der Waals surface area contributed by atoms with Gasteiger partial charge in [-0.05, 0) is 30.5 Å². The summed E-state index contributed by atoms with van der Waals surface area (Å²) < 4.78 is 12.9. The summed E-state index contributed by atoms with van der Waals surface area (Å²) in [5.74, 6) is -1.68. The molecule has 0 aliphatic heterocycles. The van der Waals surface area contributed by atoms with Crippen molar-refractivity contribution in [3.05, 3.63) is 35.6 Å². The van der Waals surface area contributed by atoms with Crippen LogP contribution in [-0.2, 0) is 20.8 Å². The first-order valence-electron chi connectivity index (χ1n) is 9.52. The van der Waals surface area contributed by atoms with Crippen LogP contribution in [0.5, 0.6) is 0 Å². The highest BCUT2D eigenvalue weighted by Crippen LogP contribution is 2.06. The lowest BCUT2D eigenvalue weighted by molar-refractivity contribution is -0.131. The third kappa shape index (κ3) is 10.3. The van der Waals surface area contributed by atoms with Gasteiger partial charge in [0.2, 0.25) is 17.7 Å². The number of hydrogen-bond donors (Lipinski definition) is 3. The monoisotopic (exact) mass is 379 g/mol. The quantitative estimate of drug-likeness (QED) is 0.458. The summed E-state index contributed by atoms with van der Waals surface area (Å²) >= 11 is 0. The van der Waals surface area contributed by atoms with Crippen molar-refractivity contribution in [1.82, 2.24) is 10.6 Å². The molecule has 1 rings (SSSR count). The van der Waals surface area contributed by atoms with Crippen molar-refractivity contribution in [3.8, 4) is 0 Å². The molecule has 0 aromatic heterocycles. The fourth-order valence-corrected chi connectivity index (χ4v) is 2.67. The molecule has 0 unspecified atom stereocenters. The summed E-state index contributed by atoms with van der Waals surface area (Å²) in [5, 5.41) is 5.28. The molecule has 0 heterocycles. The van der Waals surface area contributed by atoms with E-state index in [1.54, 1.807) is 12.1 Å². The zero-order chi connectivity index (χ0) is 20.1. The zero-order valence-electron chi connectivity index (χ0n) is 15.9. The van der Waals surface area contributed by atoms with Crippen molar-refractivity contribution in [2.24, 2.45) is 5.73 Å². The van der Waals surface area contributed by atoms with Gasteiger partial charge in [-0.1, -0.05) is 44.7 Å². The summed E-state index contributed by atoms with van der Waals surface area (Å²) in [5.41, 5.74) is 6.06. The van der Waals surface area contributed by atoms with E-state index in [2.05, 4.69) is 17.6 Å². The van der Waals surface area contributed by atoms with E-state index in [0.29, 0.717) is 19.4 Å². The van der Waals surface area contributed by atoms with Crippen LogP contribution in [-0.4, -0.2) is 30.3 Å². The lowest BCUT2D eigenvalue weighted by atomic mass is 10.1. The molecule has 0 fully saturated rings. The van der Waals surface area contributed by atoms with Crippen LogP contribution in [0.15, 0.2) is 24.3 Å². The fourth-order valence-electron chi connectivity index (χ4n) is 2.67. The van der Waals surface area contributed by atoms with Crippen LogP contribution in [0.25, 0.3) is 0 Å². The largest absolute Gasteiger partial charge is 0.370 e. The molecule has 0 spiro atoms. The van der Waals surface area contributed by atoms with E-state index in [1.807, 2.05) is 0 Å². The molecule has 1 aromatic rings. The maximum absolute atomic E-state index is 12.9. The summed E-state index contributed by atoms with van der Waals surface area (Å²) in [6.07, 6.45) is 5.66. The molecule has 0 radical (unpaired) electrons. The minimum absolute atomic E-state index is 0.246. The Balaban J connectivity index is 2.41. The summed E-state index contributed by atoms with van der Waals surface area (Å²) in [7, 11) is 0. The van der Waals surface area contributed by atoms with Crippen LogP contribution < -0.4 is 16.4 Å². The number of halogens is 1. The number of carbonyl (C=O) groups is 3. The van der Waals surface area contributed by atoms with E-state index in [9.17, 15) is 18.8 Å². The molecule has 0 aliphatic rings. The average Bonchev–Trinajstić information content (AvgIpc) is 2.62. The summed E-state index contributed by atoms with van der Waals surface area (Å²) in [6.45, 7) is 2.43. The Morgan fingerprint density at radius 3 is 2.37 bits per heavy atom. The number of amides is 3. The van der Waals surface area contributed by atoms with Gasteiger partial charge in [0.1, 0.15) is 11.9 Å². The highest BCUT2D eigenvalue weighted by Gasteiger charge is 2.22. The van der Waals surface area contributed by atoms with Gasteiger partial charge in [0.25, 0.3) is 0 Å². The van der Waals surface area contributed by atoms with Crippen molar-refractivity contribution in [3.63, 3.8) is 0 Å². The maximum Gasteiger partial charge on any atom is 0.243 e. The van der Waals surface area contributed by atoms with Crippen molar-refractivity contribution >= 4 is 17.7 Å². The first-order chi connectivity index (χ1) is 12.9. The van der Waals surface area contributed by atoms with Gasteiger partial charge in [-0.3, -0.25) is 14.4 Å². The van der Waals surface area contributed by atoms with Gasteiger partial charge in [0, 0.05) is 13.0 Å². The number of carbonyl (C=O) groups excluding carboxylic acids is 3. The van der Waals surface area contributed by atoms with Crippen LogP contribution in [0.1, 0.15) is 57.4 Å². The first kappa shape index (κ1) is 22.6. The molecule has 7 heteroatoms. The highest BCUT2D eigenvalue weighted by molar-refractivity contribution is 5.91. The molecule has 4 N–H and O–H groups in total. The van der Waals surface area contributed by atoms with Gasteiger partial charge in [0.05, 0.1) is 6.42 Å². The number of rotatable bonds is 13. The predicted molar refractivity (Wildman–Crippen MR) is 102 cm³/mol. The molecule has 1 aromatic carbocycles. The Morgan fingerprint density at radius 2 is 1.74 bits per heavy atom. The molecule has 0 bridgehead atoms. The molecule has 0 saturated carbocycles. The van der Waals surface area contributed by atoms with Crippen molar-refractivity contribution in [1.29, 1.82) is 0 Å². The molecule has 1 atom stereocenters. The minimum atomic E-state index is -0.973. The zero-order valence-corrected chi connectivity index (χ0v) is 15.9.